The second kappa shape index (κ2) is 6.65. The van der Waals surface area contributed by atoms with E-state index in [9.17, 15) is 9.59 Å². The normalized spacial score (nSPS) is 12.4. The number of urea groups is 1. The first-order valence-corrected chi connectivity index (χ1v) is 5.10. The molecular formula is C9H17ClN2O2. The van der Waals surface area contributed by atoms with Crippen LogP contribution in [0.25, 0.3) is 0 Å². The molecule has 3 amide bonds. The summed E-state index contributed by atoms with van der Waals surface area (Å²) in [4.78, 5) is 22.0. The quantitative estimate of drug-likeness (QED) is 0.706. The molecule has 0 aliphatic rings. The van der Waals surface area contributed by atoms with Gasteiger partial charge in [-0.3, -0.25) is 10.1 Å². The minimum absolute atomic E-state index is 0.478. The van der Waals surface area contributed by atoms with Gasteiger partial charge in [-0.15, -0.1) is 11.6 Å². The van der Waals surface area contributed by atoms with Crippen molar-refractivity contribution in [3.63, 3.8) is 0 Å². The molecule has 0 spiro atoms. The Hall–Kier alpha value is -0.770. The molecule has 1 atom stereocenters. The van der Waals surface area contributed by atoms with Gasteiger partial charge in [-0.1, -0.05) is 13.8 Å². The summed E-state index contributed by atoms with van der Waals surface area (Å²) in [6.45, 7) is 6.20. The lowest BCUT2D eigenvalue weighted by molar-refractivity contribution is -0.119. The number of halogens is 1. The molecule has 0 aliphatic heterocycles. The highest BCUT2D eigenvalue weighted by Gasteiger charge is 2.12. The van der Waals surface area contributed by atoms with E-state index in [1.807, 2.05) is 0 Å². The van der Waals surface area contributed by atoms with Crippen LogP contribution in [0.2, 0.25) is 0 Å². The Balaban J connectivity index is 3.61. The summed E-state index contributed by atoms with van der Waals surface area (Å²) in [5.74, 6) is 0.0478. The van der Waals surface area contributed by atoms with Crippen molar-refractivity contribution in [2.24, 2.45) is 5.92 Å². The summed E-state index contributed by atoms with van der Waals surface area (Å²) in [5, 5.41) is 4.01. The van der Waals surface area contributed by atoms with E-state index in [2.05, 4.69) is 24.5 Å². The fourth-order valence-corrected chi connectivity index (χ4v) is 0.784. The van der Waals surface area contributed by atoms with Crippen LogP contribution in [0.1, 0.15) is 27.2 Å². The van der Waals surface area contributed by atoms with Gasteiger partial charge in [-0.05, 0) is 19.3 Å². The fraction of sp³-hybridized carbons (Fsp3) is 0.778. The number of rotatable bonds is 4. The maximum Gasteiger partial charge on any atom is 0.321 e. The van der Waals surface area contributed by atoms with Gasteiger partial charge in [-0.2, -0.15) is 0 Å². The van der Waals surface area contributed by atoms with Gasteiger partial charge in [0.2, 0.25) is 5.91 Å². The van der Waals surface area contributed by atoms with Crippen LogP contribution in [0.3, 0.4) is 0 Å². The molecule has 2 N–H and O–H groups in total. The van der Waals surface area contributed by atoms with Gasteiger partial charge in [0, 0.05) is 6.54 Å². The molecule has 82 valence electrons. The van der Waals surface area contributed by atoms with Crippen molar-refractivity contribution in [2.45, 2.75) is 32.6 Å². The van der Waals surface area contributed by atoms with Crippen LogP contribution in [0.4, 0.5) is 4.79 Å². The molecule has 0 saturated heterocycles. The van der Waals surface area contributed by atoms with E-state index in [0.717, 1.165) is 6.42 Å². The lowest BCUT2D eigenvalue weighted by Crippen LogP contribution is -2.42. The maximum absolute atomic E-state index is 11.0. The van der Waals surface area contributed by atoms with Crippen molar-refractivity contribution in [3.8, 4) is 0 Å². The van der Waals surface area contributed by atoms with Gasteiger partial charge in [0.25, 0.3) is 0 Å². The third-order valence-electron chi connectivity index (χ3n) is 1.61. The standard InChI is InChI=1S/C9H17ClN2O2/c1-6(2)4-5-11-9(14)12-8(13)7(3)10/h6-7H,4-5H2,1-3H3,(H2,11,12,13,14). The highest BCUT2D eigenvalue weighted by molar-refractivity contribution is 6.31. The highest BCUT2D eigenvalue weighted by Crippen LogP contribution is 1.96. The molecule has 0 heterocycles. The predicted octanol–water partition coefficient (Wildman–Crippen LogP) is 1.49. The maximum atomic E-state index is 11.0. The summed E-state index contributed by atoms with van der Waals surface area (Å²) >= 11 is 5.46. The van der Waals surface area contributed by atoms with Gasteiger partial charge in [0.15, 0.2) is 0 Å². The van der Waals surface area contributed by atoms with Crippen molar-refractivity contribution in [3.05, 3.63) is 0 Å². The lowest BCUT2D eigenvalue weighted by Gasteiger charge is -2.08. The second-order valence-electron chi connectivity index (χ2n) is 3.54. The van der Waals surface area contributed by atoms with Crippen molar-refractivity contribution in [1.29, 1.82) is 0 Å². The van der Waals surface area contributed by atoms with Gasteiger partial charge < -0.3 is 5.32 Å². The van der Waals surface area contributed by atoms with Crippen LogP contribution in [0, 0.1) is 5.92 Å². The lowest BCUT2D eigenvalue weighted by atomic mass is 10.1. The highest BCUT2D eigenvalue weighted by atomic mass is 35.5. The topological polar surface area (TPSA) is 58.2 Å². The molecule has 0 fully saturated rings. The van der Waals surface area contributed by atoms with E-state index in [4.69, 9.17) is 11.6 Å². The Bertz CT molecular complexity index is 205. The molecule has 0 aromatic rings. The monoisotopic (exact) mass is 220 g/mol. The third-order valence-corrected chi connectivity index (χ3v) is 1.80. The number of imide groups is 1. The number of hydrogen-bond acceptors (Lipinski definition) is 2. The molecule has 1 unspecified atom stereocenters. The van der Waals surface area contributed by atoms with Gasteiger partial charge in [0.05, 0.1) is 0 Å². The molecule has 0 aromatic carbocycles. The average Bonchev–Trinajstić information content (AvgIpc) is 2.02. The zero-order chi connectivity index (χ0) is 11.1. The first kappa shape index (κ1) is 13.2. The minimum atomic E-state index is -0.689. The average molecular weight is 221 g/mol. The van der Waals surface area contributed by atoms with Gasteiger partial charge in [-0.25, -0.2) is 4.79 Å². The number of nitrogens with one attached hydrogen (secondary N) is 2. The van der Waals surface area contributed by atoms with Gasteiger partial charge in [0.1, 0.15) is 5.38 Å². The molecule has 0 rings (SSSR count). The Morgan fingerprint density at radius 2 is 1.86 bits per heavy atom. The molecule has 14 heavy (non-hydrogen) atoms. The summed E-state index contributed by atoms with van der Waals surface area (Å²) in [7, 11) is 0. The van der Waals surface area contributed by atoms with Crippen molar-refractivity contribution in [1.82, 2.24) is 10.6 Å². The second-order valence-corrected chi connectivity index (χ2v) is 4.20. The Kier molecular flexibility index (Phi) is 6.28. The molecule has 0 radical (unpaired) electrons. The van der Waals surface area contributed by atoms with E-state index in [1.165, 1.54) is 6.92 Å². The van der Waals surface area contributed by atoms with E-state index < -0.39 is 17.3 Å². The number of hydrogen-bond donors (Lipinski definition) is 2. The summed E-state index contributed by atoms with van der Waals surface area (Å²) in [5.41, 5.74) is 0. The smallest absolute Gasteiger partial charge is 0.321 e. The van der Waals surface area contributed by atoms with E-state index in [1.54, 1.807) is 0 Å². The largest absolute Gasteiger partial charge is 0.338 e. The summed E-state index contributed by atoms with van der Waals surface area (Å²) < 4.78 is 0. The Morgan fingerprint density at radius 1 is 1.29 bits per heavy atom. The Morgan fingerprint density at radius 3 is 2.29 bits per heavy atom. The molecule has 0 aliphatic carbocycles. The third kappa shape index (κ3) is 6.71. The van der Waals surface area contributed by atoms with Crippen molar-refractivity contribution < 1.29 is 9.59 Å². The van der Waals surface area contributed by atoms with Crippen LogP contribution in [0.15, 0.2) is 0 Å². The Labute approximate surface area is 89.4 Å². The fourth-order valence-electron chi connectivity index (χ4n) is 0.730. The first-order chi connectivity index (χ1) is 6.43. The summed E-state index contributed by atoms with van der Waals surface area (Å²) in [6, 6.07) is -0.483. The van der Waals surface area contributed by atoms with Crippen LogP contribution in [0.5, 0.6) is 0 Å². The van der Waals surface area contributed by atoms with Crippen molar-refractivity contribution in [2.75, 3.05) is 6.54 Å². The zero-order valence-corrected chi connectivity index (χ0v) is 9.52. The van der Waals surface area contributed by atoms with Crippen LogP contribution >= 0.6 is 11.6 Å². The van der Waals surface area contributed by atoms with E-state index >= 15 is 0 Å². The molecule has 0 saturated carbocycles. The van der Waals surface area contributed by atoms with E-state index in [-0.39, 0.29) is 0 Å². The first-order valence-electron chi connectivity index (χ1n) is 4.66. The predicted molar refractivity (Wildman–Crippen MR) is 56.3 cm³/mol. The van der Waals surface area contributed by atoms with E-state index in [0.29, 0.717) is 12.5 Å². The number of carbonyl (C=O) groups excluding carboxylic acids is 2. The molecule has 0 bridgehead atoms. The SMILES string of the molecule is CC(C)CCNC(=O)NC(=O)C(C)Cl. The molecule has 4 nitrogen and oxygen atoms in total. The number of alkyl halides is 1. The van der Waals surface area contributed by atoms with Crippen molar-refractivity contribution >= 4 is 23.5 Å². The summed E-state index contributed by atoms with van der Waals surface area (Å²) in [6.07, 6.45) is 0.887. The van der Waals surface area contributed by atoms with Crippen LogP contribution in [-0.4, -0.2) is 23.9 Å². The van der Waals surface area contributed by atoms with Crippen LogP contribution in [-0.2, 0) is 4.79 Å². The number of carbonyl (C=O) groups is 2. The van der Waals surface area contributed by atoms with Crippen LogP contribution < -0.4 is 10.6 Å². The van der Waals surface area contributed by atoms with Gasteiger partial charge >= 0.3 is 6.03 Å². The molecule has 5 heteroatoms. The minimum Gasteiger partial charge on any atom is -0.338 e. The number of amides is 3. The zero-order valence-electron chi connectivity index (χ0n) is 8.76. The molecule has 0 aromatic heterocycles. The molecular weight excluding hydrogens is 204 g/mol.